The van der Waals surface area contributed by atoms with Crippen molar-refractivity contribution in [2.45, 2.75) is 25.3 Å². The quantitative estimate of drug-likeness (QED) is 0.868. The van der Waals surface area contributed by atoms with Gasteiger partial charge in [-0.05, 0) is 31.0 Å². The fourth-order valence-corrected chi connectivity index (χ4v) is 2.43. The summed E-state index contributed by atoms with van der Waals surface area (Å²) in [6, 6.07) is 5.52. The number of hydrogen-bond acceptors (Lipinski definition) is 2. The number of fused-ring (bicyclic) bond motifs is 1. The molecule has 0 bridgehead atoms. The molecule has 0 saturated carbocycles. The summed E-state index contributed by atoms with van der Waals surface area (Å²) in [5.74, 6) is -0.169. The van der Waals surface area contributed by atoms with Gasteiger partial charge >= 0.3 is 0 Å². The summed E-state index contributed by atoms with van der Waals surface area (Å²) in [6.45, 7) is 0. The molecule has 2 nitrogen and oxygen atoms in total. The molecule has 3 rings (SSSR count). The second-order valence-corrected chi connectivity index (χ2v) is 4.51. The molecule has 0 amide bonds. The fourth-order valence-electron chi connectivity index (χ4n) is 2.43. The molecular formula is C14H13F2NO. The SMILES string of the molecule is Fc1ccc(NC2CCCc3occc32)c(F)c1. The summed E-state index contributed by atoms with van der Waals surface area (Å²) in [6.07, 6.45) is 4.50. The maximum atomic E-state index is 13.6. The average molecular weight is 249 g/mol. The minimum absolute atomic E-state index is 0.0347. The van der Waals surface area contributed by atoms with Gasteiger partial charge in [0, 0.05) is 18.1 Å². The third-order valence-electron chi connectivity index (χ3n) is 3.31. The molecule has 0 saturated heterocycles. The number of benzene rings is 1. The summed E-state index contributed by atoms with van der Waals surface area (Å²) < 4.78 is 31.8. The van der Waals surface area contributed by atoms with Crippen LogP contribution in [0.1, 0.15) is 30.2 Å². The van der Waals surface area contributed by atoms with Gasteiger partial charge in [-0.1, -0.05) is 0 Å². The van der Waals surface area contributed by atoms with Gasteiger partial charge in [0.25, 0.3) is 0 Å². The van der Waals surface area contributed by atoms with Crippen LogP contribution in [0, 0.1) is 11.6 Å². The molecule has 1 aliphatic carbocycles. The van der Waals surface area contributed by atoms with Crippen LogP contribution in [0.4, 0.5) is 14.5 Å². The molecule has 2 aromatic rings. The smallest absolute Gasteiger partial charge is 0.149 e. The first-order chi connectivity index (χ1) is 8.74. The van der Waals surface area contributed by atoms with Crippen molar-refractivity contribution in [2.75, 3.05) is 5.32 Å². The lowest BCUT2D eigenvalue weighted by molar-refractivity contribution is 0.460. The van der Waals surface area contributed by atoms with E-state index in [-0.39, 0.29) is 6.04 Å². The fraction of sp³-hybridized carbons (Fsp3) is 0.286. The van der Waals surface area contributed by atoms with Crippen LogP contribution in [0.5, 0.6) is 0 Å². The largest absolute Gasteiger partial charge is 0.469 e. The zero-order chi connectivity index (χ0) is 12.5. The number of nitrogens with one attached hydrogen (secondary N) is 1. The maximum absolute atomic E-state index is 13.6. The molecule has 4 heteroatoms. The molecule has 1 aromatic heterocycles. The van der Waals surface area contributed by atoms with Crippen molar-refractivity contribution < 1.29 is 13.2 Å². The van der Waals surface area contributed by atoms with E-state index in [1.54, 1.807) is 6.26 Å². The molecule has 1 unspecified atom stereocenters. The normalized spacial score (nSPS) is 18.4. The Kier molecular flexibility index (Phi) is 2.78. The molecule has 1 atom stereocenters. The number of halogens is 2. The highest BCUT2D eigenvalue weighted by molar-refractivity contribution is 5.47. The summed E-state index contributed by atoms with van der Waals surface area (Å²) in [5, 5.41) is 3.12. The third kappa shape index (κ3) is 1.98. The molecule has 0 aliphatic heterocycles. The van der Waals surface area contributed by atoms with E-state index in [0.29, 0.717) is 5.69 Å². The van der Waals surface area contributed by atoms with Gasteiger partial charge in [-0.25, -0.2) is 8.78 Å². The highest BCUT2D eigenvalue weighted by Crippen LogP contribution is 2.33. The summed E-state index contributed by atoms with van der Waals surface area (Å²) in [7, 11) is 0. The lowest BCUT2D eigenvalue weighted by Crippen LogP contribution is -2.16. The van der Waals surface area contributed by atoms with Gasteiger partial charge in [0.1, 0.15) is 17.4 Å². The van der Waals surface area contributed by atoms with E-state index < -0.39 is 11.6 Å². The van der Waals surface area contributed by atoms with E-state index >= 15 is 0 Å². The van der Waals surface area contributed by atoms with Gasteiger partial charge in [0.2, 0.25) is 0 Å². The van der Waals surface area contributed by atoms with Gasteiger partial charge in [-0.3, -0.25) is 0 Å². The molecule has 1 N–H and O–H groups in total. The van der Waals surface area contributed by atoms with Crippen molar-refractivity contribution in [3.05, 3.63) is 53.5 Å². The van der Waals surface area contributed by atoms with Crippen LogP contribution < -0.4 is 5.32 Å². The zero-order valence-electron chi connectivity index (χ0n) is 9.75. The Labute approximate surface area is 104 Å². The molecule has 0 fully saturated rings. The second kappa shape index (κ2) is 4.44. The Morgan fingerprint density at radius 1 is 1.22 bits per heavy atom. The number of hydrogen-bond donors (Lipinski definition) is 1. The first-order valence-corrected chi connectivity index (χ1v) is 6.02. The number of aryl methyl sites for hydroxylation is 1. The third-order valence-corrected chi connectivity index (χ3v) is 3.31. The molecule has 1 heterocycles. The van der Waals surface area contributed by atoms with E-state index in [1.807, 2.05) is 6.07 Å². The lowest BCUT2D eigenvalue weighted by atomic mass is 9.93. The van der Waals surface area contributed by atoms with E-state index in [4.69, 9.17) is 4.42 Å². The number of rotatable bonds is 2. The first kappa shape index (κ1) is 11.3. The van der Waals surface area contributed by atoms with Crippen molar-refractivity contribution in [2.24, 2.45) is 0 Å². The van der Waals surface area contributed by atoms with Crippen LogP contribution in [0.15, 0.2) is 34.9 Å². The van der Waals surface area contributed by atoms with Crippen LogP contribution in [-0.4, -0.2) is 0 Å². The predicted molar refractivity (Wildman–Crippen MR) is 64.4 cm³/mol. The summed E-state index contributed by atoms with van der Waals surface area (Å²) in [4.78, 5) is 0. The molecule has 1 aromatic carbocycles. The predicted octanol–water partition coefficient (Wildman–Crippen LogP) is 4.05. The van der Waals surface area contributed by atoms with Gasteiger partial charge in [-0.2, -0.15) is 0 Å². The molecule has 18 heavy (non-hydrogen) atoms. The standard InChI is InChI=1S/C14H13F2NO/c15-9-4-5-13(11(16)8-9)17-12-2-1-3-14-10(12)6-7-18-14/h4-8,12,17H,1-3H2. The van der Waals surface area contributed by atoms with E-state index in [0.717, 1.165) is 36.7 Å². The maximum Gasteiger partial charge on any atom is 0.149 e. The number of furan rings is 1. The second-order valence-electron chi connectivity index (χ2n) is 4.51. The topological polar surface area (TPSA) is 25.2 Å². The highest BCUT2D eigenvalue weighted by atomic mass is 19.1. The molecule has 1 aliphatic rings. The van der Waals surface area contributed by atoms with Crippen LogP contribution in [-0.2, 0) is 6.42 Å². The van der Waals surface area contributed by atoms with Crippen LogP contribution in [0.3, 0.4) is 0 Å². The lowest BCUT2D eigenvalue weighted by Gasteiger charge is -2.24. The van der Waals surface area contributed by atoms with Crippen molar-refractivity contribution in [1.82, 2.24) is 0 Å². The van der Waals surface area contributed by atoms with Gasteiger partial charge in [0.15, 0.2) is 0 Å². The first-order valence-electron chi connectivity index (χ1n) is 6.02. The minimum Gasteiger partial charge on any atom is -0.469 e. The van der Waals surface area contributed by atoms with Crippen LogP contribution in [0.25, 0.3) is 0 Å². The molecule has 0 radical (unpaired) electrons. The van der Waals surface area contributed by atoms with E-state index in [1.165, 1.54) is 12.1 Å². The van der Waals surface area contributed by atoms with Gasteiger partial charge in [0.05, 0.1) is 18.0 Å². The van der Waals surface area contributed by atoms with Crippen molar-refractivity contribution in [1.29, 1.82) is 0 Å². The van der Waals surface area contributed by atoms with Gasteiger partial charge < -0.3 is 9.73 Å². The monoisotopic (exact) mass is 249 g/mol. The molecule has 94 valence electrons. The minimum atomic E-state index is -0.564. The van der Waals surface area contributed by atoms with Gasteiger partial charge in [-0.15, -0.1) is 0 Å². The van der Waals surface area contributed by atoms with E-state index in [2.05, 4.69) is 5.32 Å². The highest BCUT2D eigenvalue weighted by Gasteiger charge is 2.23. The van der Waals surface area contributed by atoms with Crippen molar-refractivity contribution >= 4 is 5.69 Å². The average Bonchev–Trinajstić information content (AvgIpc) is 2.82. The Morgan fingerprint density at radius 3 is 2.94 bits per heavy atom. The van der Waals surface area contributed by atoms with Crippen molar-refractivity contribution in [3.8, 4) is 0 Å². The van der Waals surface area contributed by atoms with E-state index in [9.17, 15) is 8.78 Å². The summed E-state index contributed by atoms with van der Waals surface area (Å²) >= 11 is 0. The van der Waals surface area contributed by atoms with Crippen molar-refractivity contribution in [3.63, 3.8) is 0 Å². The Bertz CT molecular complexity index is 565. The number of anilines is 1. The molecule has 0 spiro atoms. The van der Waals surface area contributed by atoms with Crippen LogP contribution >= 0.6 is 0 Å². The molecular weight excluding hydrogens is 236 g/mol. The zero-order valence-corrected chi connectivity index (χ0v) is 9.75. The Hall–Kier alpha value is -1.84. The van der Waals surface area contributed by atoms with Crippen LogP contribution in [0.2, 0.25) is 0 Å². The Balaban J connectivity index is 1.86. The summed E-state index contributed by atoms with van der Waals surface area (Å²) in [5.41, 5.74) is 1.40. The Morgan fingerprint density at radius 2 is 2.11 bits per heavy atom.